The molecule has 0 spiro atoms. The van der Waals surface area contributed by atoms with E-state index in [1.807, 2.05) is 0 Å². The van der Waals surface area contributed by atoms with Crippen LogP contribution in [0.3, 0.4) is 0 Å². The molecule has 0 saturated heterocycles. The second kappa shape index (κ2) is 4.98. The van der Waals surface area contributed by atoms with Gasteiger partial charge in [-0.05, 0) is 66.6 Å². The van der Waals surface area contributed by atoms with E-state index in [0.29, 0.717) is 35.5 Å². The summed E-state index contributed by atoms with van der Waals surface area (Å²) in [4.78, 5) is 0. The summed E-state index contributed by atoms with van der Waals surface area (Å²) < 4.78 is 0. The highest BCUT2D eigenvalue weighted by Crippen LogP contribution is 2.63. The maximum Gasteiger partial charge on any atom is 0.0622 e. The predicted molar refractivity (Wildman–Crippen MR) is 81.2 cm³/mol. The summed E-state index contributed by atoms with van der Waals surface area (Å²) in [5.41, 5.74) is 0.0665. The molecule has 0 aliphatic heterocycles. The van der Waals surface area contributed by atoms with Gasteiger partial charge in [0.25, 0.3) is 0 Å². The minimum Gasteiger partial charge on any atom is -0.393 e. The normalized spacial score (nSPS) is 50.9. The quantitative estimate of drug-likeness (QED) is 0.813. The Morgan fingerprint density at radius 2 is 1.65 bits per heavy atom. The lowest BCUT2D eigenvalue weighted by molar-refractivity contribution is -0.0464. The van der Waals surface area contributed by atoms with Crippen LogP contribution in [0.25, 0.3) is 0 Å². The van der Waals surface area contributed by atoms with Gasteiger partial charge in [0.1, 0.15) is 0 Å². The summed E-state index contributed by atoms with van der Waals surface area (Å²) in [6.07, 6.45) is 5.73. The first-order valence-electron chi connectivity index (χ1n) is 8.70. The summed E-state index contributed by atoms with van der Waals surface area (Å²) in [6.45, 7) is 8.90. The first-order valence-corrected chi connectivity index (χ1v) is 8.70. The molecule has 2 heteroatoms. The van der Waals surface area contributed by atoms with Crippen molar-refractivity contribution >= 4 is 0 Å². The lowest BCUT2D eigenvalue weighted by atomic mass is 9.67. The highest BCUT2D eigenvalue weighted by Gasteiger charge is 2.62. The lowest BCUT2D eigenvalue weighted by Gasteiger charge is -2.41. The first kappa shape index (κ1) is 14.8. The number of aliphatic hydroxyl groups is 2. The number of fused-ring (bicyclic) bond motifs is 1. The molecule has 3 rings (SSSR count). The van der Waals surface area contributed by atoms with Gasteiger partial charge in [-0.25, -0.2) is 0 Å². The van der Waals surface area contributed by atoms with Crippen LogP contribution in [0.5, 0.6) is 0 Å². The van der Waals surface area contributed by atoms with Gasteiger partial charge in [-0.15, -0.1) is 0 Å². The Kier molecular flexibility index (Phi) is 3.70. The van der Waals surface area contributed by atoms with E-state index >= 15 is 0 Å². The maximum atomic E-state index is 10.7. The zero-order valence-corrected chi connectivity index (χ0v) is 13.5. The molecule has 7 unspecified atom stereocenters. The number of hydrogen-bond acceptors (Lipinski definition) is 2. The van der Waals surface area contributed by atoms with Crippen LogP contribution in [0.4, 0.5) is 0 Å². The number of aliphatic hydroxyl groups excluding tert-OH is 2. The van der Waals surface area contributed by atoms with Crippen molar-refractivity contribution in [3.05, 3.63) is 0 Å². The third-order valence-electron chi connectivity index (χ3n) is 6.87. The van der Waals surface area contributed by atoms with Crippen molar-refractivity contribution in [2.45, 2.75) is 72.0 Å². The monoisotopic (exact) mass is 280 g/mol. The van der Waals surface area contributed by atoms with E-state index in [-0.39, 0.29) is 17.6 Å². The van der Waals surface area contributed by atoms with Gasteiger partial charge in [0.05, 0.1) is 12.2 Å². The van der Waals surface area contributed by atoms with Crippen molar-refractivity contribution in [1.29, 1.82) is 0 Å². The first-order chi connectivity index (χ1) is 9.34. The Labute approximate surface area is 124 Å². The number of rotatable bonds is 2. The zero-order valence-electron chi connectivity index (χ0n) is 13.5. The largest absolute Gasteiger partial charge is 0.393 e. The van der Waals surface area contributed by atoms with Gasteiger partial charge in [-0.3, -0.25) is 0 Å². The van der Waals surface area contributed by atoms with Crippen molar-refractivity contribution < 1.29 is 10.2 Å². The zero-order chi connectivity index (χ0) is 14.7. The molecule has 0 radical (unpaired) electrons. The molecule has 2 N–H and O–H groups in total. The molecule has 0 bridgehead atoms. The van der Waals surface area contributed by atoms with Crippen LogP contribution in [0.15, 0.2) is 0 Å². The van der Waals surface area contributed by atoms with Gasteiger partial charge >= 0.3 is 0 Å². The van der Waals surface area contributed by atoms with Crippen LogP contribution >= 0.6 is 0 Å². The third kappa shape index (κ3) is 2.23. The lowest BCUT2D eigenvalue weighted by Crippen LogP contribution is -2.41. The van der Waals surface area contributed by atoms with Crippen LogP contribution in [-0.4, -0.2) is 22.4 Å². The fraction of sp³-hybridized carbons (Fsp3) is 1.00. The Morgan fingerprint density at radius 3 is 2.30 bits per heavy atom. The summed E-state index contributed by atoms with van der Waals surface area (Å²) in [6, 6.07) is 0. The molecule has 0 heterocycles. The molecule has 0 aromatic heterocycles. The SMILES string of the molecule is CC(C)C1CCC2C(C1O)C2C1CCCC(C)(C)C1O. The standard InChI is InChI=1S/C18H32O2/c1-10(2)11-7-8-12-14(15(12)16(11)19)13-6-5-9-18(3,4)17(13)20/h10-17,19-20H,5-9H2,1-4H3. The molecular formula is C18H32O2. The van der Waals surface area contributed by atoms with E-state index < -0.39 is 0 Å². The molecule has 116 valence electrons. The topological polar surface area (TPSA) is 40.5 Å². The Balaban J connectivity index is 1.71. The van der Waals surface area contributed by atoms with Crippen LogP contribution < -0.4 is 0 Å². The molecule has 3 aliphatic rings. The van der Waals surface area contributed by atoms with E-state index in [1.165, 1.54) is 25.7 Å². The molecule has 3 fully saturated rings. The van der Waals surface area contributed by atoms with Gasteiger partial charge in [0.15, 0.2) is 0 Å². The smallest absolute Gasteiger partial charge is 0.0622 e. The molecule has 2 nitrogen and oxygen atoms in total. The van der Waals surface area contributed by atoms with Gasteiger partial charge in [-0.2, -0.15) is 0 Å². The highest BCUT2D eigenvalue weighted by molar-refractivity contribution is 5.10. The summed E-state index contributed by atoms with van der Waals surface area (Å²) >= 11 is 0. The van der Waals surface area contributed by atoms with Crippen LogP contribution in [0, 0.1) is 40.9 Å². The fourth-order valence-electron chi connectivity index (χ4n) is 5.55. The maximum absolute atomic E-state index is 10.7. The second-order valence-electron chi connectivity index (χ2n) is 8.78. The van der Waals surface area contributed by atoms with Crippen LogP contribution in [0.2, 0.25) is 0 Å². The van der Waals surface area contributed by atoms with Crippen molar-refractivity contribution in [2.24, 2.45) is 40.9 Å². The molecule has 0 amide bonds. The molecule has 0 aromatic carbocycles. The Bertz CT molecular complexity index is 362. The third-order valence-corrected chi connectivity index (χ3v) is 6.87. The fourth-order valence-corrected chi connectivity index (χ4v) is 5.55. The van der Waals surface area contributed by atoms with Crippen LogP contribution in [-0.2, 0) is 0 Å². The summed E-state index contributed by atoms with van der Waals surface area (Å²) in [5, 5.41) is 21.4. The summed E-state index contributed by atoms with van der Waals surface area (Å²) in [5.74, 6) is 3.30. The van der Waals surface area contributed by atoms with Gasteiger partial charge in [0, 0.05) is 0 Å². The highest BCUT2D eigenvalue weighted by atomic mass is 16.3. The Hall–Kier alpha value is -0.0800. The van der Waals surface area contributed by atoms with Gasteiger partial charge in [0.2, 0.25) is 0 Å². The minimum absolute atomic E-state index is 0.0665. The Morgan fingerprint density at radius 1 is 0.950 bits per heavy atom. The molecular weight excluding hydrogens is 248 g/mol. The van der Waals surface area contributed by atoms with E-state index in [9.17, 15) is 10.2 Å². The second-order valence-corrected chi connectivity index (χ2v) is 8.78. The van der Waals surface area contributed by atoms with E-state index in [4.69, 9.17) is 0 Å². The van der Waals surface area contributed by atoms with Gasteiger partial charge < -0.3 is 10.2 Å². The number of hydrogen-bond donors (Lipinski definition) is 2. The molecule has 0 aromatic rings. The van der Waals surface area contributed by atoms with E-state index in [2.05, 4.69) is 27.7 Å². The average Bonchev–Trinajstić information content (AvgIpc) is 3.08. The van der Waals surface area contributed by atoms with Gasteiger partial charge in [-0.1, -0.05) is 34.1 Å². The van der Waals surface area contributed by atoms with E-state index in [1.54, 1.807) is 0 Å². The minimum atomic E-state index is -0.170. The average molecular weight is 280 g/mol. The molecule has 3 aliphatic carbocycles. The predicted octanol–water partition coefficient (Wildman–Crippen LogP) is 3.46. The van der Waals surface area contributed by atoms with Crippen LogP contribution in [0.1, 0.15) is 59.8 Å². The van der Waals surface area contributed by atoms with Crippen molar-refractivity contribution in [2.75, 3.05) is 0 Å². The van der Waals surface area contributed by atoms with Crippen molar-refractivity contribution in [3.63, 3.8) is 0 Å². The van der Waals surface area contributed by atoms with Crippen molar-refractivity contribution in [1.82, 2.24) is 0 Å². The molecule has 7 atom stereocenters. The summed E-state index contributed by atoms with van der Waals surface area (Å²) in [7, 11) is 0. The van der Waals surface area contributed by atoms with Crippen molar-refractivity contribution in [3.8, 4) is 0 Å². The molecule has 20 heavy (non-hydrogen) atoms. The van der Waals surface area contributed by atoms with E-state index in [0.717, 1.165) is 6.42 Å². The molecule has 3 saturated carbocycles.